The van der Waals surface area contributed by atoms with Crippen molar-refractivity contribution in [2.24, 2.45) is 0 Å². The van der Waals surface area contributed by atoms with Crippen molar-refractivity contribution in [1.29, 1.82) is 0 Å². The van der Waals surface area contributed by atoms with Crippen LogP contribution in [0.3, 0.4) is 0 Å². The van der Waals surface area contributed by atoms with Crippen molar-refractivity contribution < 1.29 is 9.53 Å². The zero-order chi connectivity index (χ0) is 11.0. The molecular weight excluding hydrogens is 218 g/mol. The van der Waals surface area contributed by atoms with Crippen LogP contribution in [0.5, 0.6) is 0 Å². The zero-order valence-electron chi connectivity index (χ0n) is 8.16. The molecule has 0 saturated carbocycles. The smallest absolute Gasteiger partial charge is 0.407 e. The number of thiol groups is 1. The molecule has 0 aliphatic heterocycles. The molecule has 0 aromatic heterocycles. The third-order valence-electron chi connectivity index (χ3n) is 1.50. The molecule has 14 heavy (non-hydrogen) atoms. The molecule has 0 aromatic rings. The van der Waals surface area contributed by atoms with E-state index >= 15 is 0 Å². The Morgan fingerprint density at radius 2 is 2.43 bits per heavy atom. The Labute approximate surface area is 95.3 Å². The van der Waals surface area contributed by atoms with Gasteiger partial charge in [0.2, 0.25) is 0 Å². The lowest BCUT2D eigenvalue weighted by molar-refractivity contribution is 0.156. The normalized spacial score (nSPS) is 11.6. The van der Waals surface area contributed by atoms with Crippen molar-refractivity contribution >= 4 is 35.1 Å². The van der Waals surface area contributed by atoms with Gasteiger partial charge in [-0.15, -0.1) is 12.6 Å². The molecule has 0 aliphatic rings. The molecule has 1 N–H and O–H groups in total. The highest BCUT2D eigenvalue weighted by Gasteiger charge is 2.13. The van der Waals surface area contributed by atoms with E-state index in [2.05, 4.69) is 24.5 Å². The first-order valence-corrected chi connectivity index (χ1v) is 5.24. The van der Waals surface area contributed by atoms with Crippen LogP contribution >= 0.6 is 24.8 Å². The van der Waals surface area contributed by atoms with Crippen LogP contribution in [-0.2, 0) is 4.74 Å². The summed E-state index contributed by atoms with van der Waals surface area (Å²) in [6.07, 6.45) is 2.71. The fraction of sp³-hybridized carbons (Fsp3) is 0.556. The molecule has 1 atom stereocenters. The Hall–Kier alpha value is -0.550. The summed E-state index contributed by atoms with van der Waals surface area (Å²) in [4.78, 5) is 11.1. The van der Waals surface area contributed by atoms with Crippen LogP contribution < -0.4 is 5.32 Å². The quantitative estimate of drug-likeness (QED) is 0.420. The number of carbonyl (C=O) groups excluding carboxylic acids is 1. The topological polar surface area (TPSA) is 38.3 Å². The lowest BCUT2D eigenvalue weighted by Crippen LogP contribution is -2.38. The minimum absolute atomic E-state index is 0.198. The fourth-order valence-corrected chi connectivity index (χ4v) is 1.24. The first kappa shape index (κ1) is 13.4. The number of alkyl carbamates (subject to hydrolysis) is 1. The number of carbonyl (C=O) groups is 1. The molecule has 0 fully saturated rings. The van der Waals surface area contributed by atoms with Gasteiger partial charge in [0.25, 0.3) is 0 Å². The fourth-order valence-electron chi connectivity index (χ4n) is 0.865. The first-order chi connectivity index (χ1) is 6.61. The molecule has 0 saturated heterocycles. The minimum Gasteiger partial charge on any atom is -0.445 e. The molecular formula is C9H15NO2S2. The molecule has 0 aromatic carbocycles. The van der Waals surface area contributed by atoms with Crippen LogP contribution in [0.25, 0.3) is 0 Å². The Morgan fingerprint density at radius 3 is 2.86 bits per heavy atom. The Morgan fingerprint density at radius 1 is 1.79 bits per heavy atom. The van der Waals surface area contributed by atoms with E-state index in [4.69, 9.17) is 17.0 Å². The van der Waals surface area contributed by atoms with Gasteiger partial charge in [-0.05, 0) is 6.42 Å². The van der Waals surface area contributed by atoms with Gasteiger partial charge < -0.3 is 10.1 Å². The predicted molar refractivity (Wildman–Crippen MR) is 65.0 cm³/mol. The van der Waals surface area contributed by atoms with Crippen LogP contribution in [-0.4, -0.2) is 22.9 Å². The number of rotatable bonds is 6. The second-order valence-corrected chi connectivity index (χ2v) is 3.94. The summed E-state index contributed by atoms with van der Waals surface area (Å²) < 4.78 is 5.23. The van der Waals surface area contributed by atoms with Crippen molar-refractivity contribution in [2.75, 3.05) is 6.61 Å². The molecule has 0 heterocycles. The van der Waals surface area contributed by atoms with Crippen LogP contribution in [0.1, 0.15) is 19.8 Å². The Kier molecular flexibility index (Phi) is 7.51. The van der Waals surface area contributed by atoms with Gasteiger partial charge in [0.05, 0.1) is 10.2 Å². The maximum absolute atomic E-state index is 11.1. The van der Waals surface area contributed by atoms with E-state index in [0.717, 1.165) is 12.8 Å². The lowest BCUT2D eigenvalue weighted by Gasteiger charge is -2.15. The molecule has 0 radical (unpaired) electrons. The largest absolute Gasteiger partial charge is 0.445 e. The summed E-state index contributed by atoms with van der Waals surface area (Å²) in [5, 5.41) is 2.63. The minimum atomic E-state index is -0.486. The monoisotopic (exact) mass is 233 g/mol. The molecule has 3 nitrogen and oxygen atoms in total. The van der Waals surface area contributed by atoms with Gasteiger partial charge in [-0.3, -0.25) is 0 Å². The van der Waals surface area contributed by atoms with Gasteiger partial charge in [-0.25, -0.2) is 4.79 Å². The van der Waals surface area contributed by atoms with E-state index < -0.39 is 6.09 Å². The number of hydrogen-bond acceptors (Lipinski definition) is 3. The van der Waals surface area contributed by atoms with Crippen molar-refractivity contribution in [3.05, 3.63) is 12.7 Å². The van der Waals surface area contributed by atoms with Crippen molar-refractivity contribution in [1.82, 2.24) is 5.32 Å². The average Bonchev–Trinajstić information content (AvgIpc) is 2.14. The average molecular weight is 233 g/mol. The summed E-state index contributed by atoms with van der Waals surface area (Å²) in [6, 6.07) is -0.198. The highest BCUT2D eigenvalue weighted by molar-refractivity contribution is 8.11. The molecule has 5 heteroatoms. The molecule has 0 aliphatic carbocycles. The van der Waals surface area contributed by atoms with Gasteiger partial charge in [-0.2, -0.15) is 0 Å². The highest BCUT2D eigenvalue weighted by atomic mass is 32.1. The predicted octanol–water partition coefficient (Wildman–Crippen LogP) is 2.32. The highest BCUT2D eigenvalue weighted by Crippen LogP contribution is 2.03. The SMILES string of the molecule is C=CCOC(=O)NC(CCC)C(=S)S. The second-order valence-electron chi connectivity index (χ2n) is 2.71. The van der Waals surface area contributed by atoms with Gasteiger partial charge in [-0.1, -0.05) is 38.2 Å². The molecule has 0 bridgehead atoms. The number of nitrogens with one attached hydrogen (secondary N) is 1. The molecule has 0 spiro atoms. The van der Waals surface area contributed by atoms with E-state index in [1.165, 1.54) is 6.08 Å². The van der Waals surface area contributed by atoms with Crippen LogP contribution in [0.4, 0.5) is 4.79 Å². The summed E-state index contributed by atoms with van der Waals surface area (Å²) in [5.74, 6) is 0. The van der Waals surface area contributed by atoms with E-state index in [1.807, 2.05) is 6.92 Å². The number of hydrogen-bond donors (Lipinski definition) is 2. The van der Waals surface area contributed by atoms with E-state index in [9.17, 15) is 4.79 Å². The van der Waals surface area contributed by atoms with Crippen LogP contribution in [0, 0.1) is 0 Å². The van der Waals surface area contributed by atoms with Crippen molar-refractivity contribution in [2.45, 2.75) is 25.8 Å². The molecule has 80 valence electrons. The maximum atomic E-state index is 11.1. The van der Waals surface area contributed by atoms with Gasteiger partial charge in [0.15, 0.2) is 0 Å². The Bertz CT molecular complexity index is 219. The summed E-state index contributed by atoms with van der Waals surface area (Å²) in [7, 11) is 0. The molecule has 1 unspecified atom stereocenters. The van der Waals surface area contributed by atoms with Gasteiger partial charge in [0, 0.05) is 0 Å². The lowest BCUT2D eigenvalue weighted by atomic mass is 10.2. The number of thiocarbonyl (C=S) groups is 1. The maximum Gasteiger partial charge on any atom is 0.407 e. The zero-order valence-corrected chi connectivity index (χ0v) is 9.87. The van der Waals surface area contributed by atoms with Gasteiger partial charge in [0.1, 0.15) is 6.61 Å². The third kappa shape index (κ3) is 5.99. The van der Waals surface area contributed by atoms with E-state index in [1.54, 1.807) is 0 Å². The van der Waals surface area contributed by atoms with E-state index in [0.29, 0.717) is 4.20 Å². The molecule has 1 amide bonds. The summed E-state index contributed by atoms with van der Waals surface area (Å²) >= 11 is 8.92. The first-order valence-electron chi connectivity index (χ1n) is 4.38. The Balaban J connectivity index is 3.95. The van der Waals surface area contributed by atoms with Crippen LogP contribution in [0.2, 0.25) is 0 Å². The number of amides is 1. The second kappa shape index (κ2) is 7.82. The van der Waals surface area contributed by atoms with Crippen molar-refractivity contribution in [3.8, 4) is 0 Å². The third-order valence-corrected chi connectivity index (χ3v) is 2.10. The van der Waals surface area contributed by atoms with E-state index in [-0.39, 0.29) is 12.6 Å². The standard InChI is InChI=1S/C9H15NO2S2/c1-3-5-7(8(13)14)10-9(11)12-6-4-2/h4,7H,2-3,5-6H2,1H3,(H,10,11)(H,13,14). The number of ether oxygens (including phenoxy) is 1. The summed E-state index contributed by atoms with van der Waals surface area (Å²) in [5.41, 5.74) is 0. The van der Waals surface area contributed by atoms with Gasteiger partial charge >= 0.3 is 6.09 Å². The van der Waals surface area contributed by atoms with Crippen LogP contribution in [0.15, 0.2) is 12.7 Å². The van der Waals surface area contributed by atoms with Crippen molar-refractivity contribution in [3.63, 3.8) is 0 Å². The molecule has 0 rings (SSSR count). The summed E-state index contributed by atoms with van der Waals surface area (Å²) in [6.45, 7) is 5.65.